The summed E-state index contributed by atoms with van der Waals surface area (Å²) in [4.78, 5) is 19.1. The highest BCUT2D eigenvalue weighted by molar-refractivity contribution is 7.13. The average Bonchev–Trinajstić information content (AvgIpc) is 3.03. The van der Waals surface area contributed by atoms with Crippen LogP contribution in [0.5, 0.6) is 5.75 Å². The van der Waals surface area contributed by atoms with Crippen LogP contribution in [0.3, 0.4) is 0 Å². The maximum absolute atomic E-state index is 12.3. The van der Waals surface area contributed by atoms with E-state index in [9.17, 15) is 13.6 Å². The van der Waals surface area contributed by atoms with Crippen molar-refractivity contribution in [1.29, 1.82) is 0 Å². The van der Waals surface area contributed by atoms with Crippen molar-refractivity contribution in [3.8, 4) is 5.75 Å². The zero-order valence-electron chi connectivity index (χ0n) is 14.5. The molecule has 2 heterocycles. The van der Waals surface area contributed by atoms with E-state index in [1.807, 2.05) is 5.38 Å². The van der Waals surface area contributed by atoms with Crippen LogP contribution in [-0.2, 0) is 6.54 Å². The molecule has 0 spiro atoms. The molecule has 1 aliphatic heterocycles. The summed E-state index contributed by atoms with van der Waals surface area (Å²) in [5, 5.41) is 5.14. The van der Waals surface area contributed by atoms with Gasteiger partial charge in [-0.25, -0.2) is 4.98 Å². The molecule has 2 aromatic rings. The maximum atomic E-state index is 12.3. The van der Waals surface area contributed by atoms with Crippen LogP contribution in [0.2, 0.25) is 0 Å². The van der Waals surface area contributed by atoms with E-state index in [0.717, 1.165) is 31.2 Å². The number of nitrogens with one attached hydrogen (secondary N) is 1. The Morgan fingerprint density at radius 2 is 2.19 bits per heavy atom. The number of anilines is 1. The molecule has 1 N–H and O–H groups in total. The van der Waals surface area contributed by atoms with Crippen molar-refractivity contribution in [2.75, 3.05) is 18.4 Å². The van der Waals surface area contributed by atoms with E-state index in [2.05, 4.69) is 26.9 Å². The molecular formula is C18H21F2N3O2S. The Labute approximate surface area is 155 Å². The first kappa shape index (κ1) is 18.7. The molecule has 5 nitrogen and oxygen atoms in total. The molecule has 0 atom stereocenters. The number of carbonyl (C=O) groups excluding carboxylic acids is 1. The summed E-state index contributed by atoms with van der Waals surface area (Å²) < 4.78 is 28.9. The first-order valence-electron chi connectivity index (χ1n) is 8.52. The first-order chi connectivity index (χ1) is 12.5. The lowest BCUT2D eigenvalue weighted by atomic mass is 9.99. The Morgan fingerprint density at radius 1 is 1.42 bits per heavy atom. The van der Waals surface area contributed by atoms with Crippen LogP contribution in [0.1, 0.15) is 35.8 Å². The number of likely N-dealkylation sites (tertiary alicyclic amines) is 1. The summed E-state index contributed by atoms with van der Waals surface area (Å²) in [6, 6.07) is 5.70. The van der Waals surface area contributed by atoms with Gasteiger partial charge in [-0.15, -0.1) is 11.3 Å². The van der Waals surface area contributed by atoms with Crippen LogP contribution in [-0.4, -0.2) is 35.5 Å². The fraction of sp³-hybridized carbons (Fsp3) is 0.444. The highest BCUT2D eigenvalue weighted by atomic mass is 32.1. The number of ether oxygens (including phenoxy) is 1. The molecule has 3 rings (SSSR count). The highest BCUT2D eigenvalue weighted by Gasteiger charge is 2.17. The number of hydrogen-bond acceptors (Lipinski definition) is 5. The van der Waals surface area contributed by atoms with Crippen molar-refractivity contribution in [3.05, 3.63) is 40.9 Å². The number of amides is 1. The van der Waals surface area contributed by atoms with E-state index in [1.165, 1.54) is 48.4 Å². The quantitative estimate of drug-likeness (QED) is 0.814. The Morgan fingerprint density at radius 3 is 2.92 bits per heavy atom. The molecule has 1 amide bonds. The molecule has 0 radical (unpaired) electrons. The minimum Gasteiger partial charge on any atom is -0.435 e. The molecule has 8 heteroatoms. The zero-order valence-corrected chi connectivity index (χ0v) is 15.3. The molecular weight excluding hydrogens is 360 g/mol. The molecule has 0 aliphatic carbocycles. The lowest BCUT2D eigenvalue weighted by Crippen LogP contribution is -2.32. The second-order valence-electron chi connectivity index (χ2n) is 6.46. The highest BCUT2D eigenvalue weighted by Crippen LogP contribution is 2.22. The number of aromatic nitrogens is 1. The van der Waals surface area contributed by atoms with E-state index in [0.29, 0.717) is 5.13 Å². The fourth-order valence-corrected chi connectivity index (χ4v) is 3.57. The van der Waals surface area contributed by atoms with Gasteiger partial charge in [0.15, 0.2) is 5.13 Å². The molecule has 1 saturated heterocycles. The van der Waals surface area contributed by atoms with Gasteiger partial charge in [-0.1, -0.05) is 13.0 Å². The van der Waals surface area contributed by atoms with Gasteiger partial charge in [0, 0.05) is 17.5 Å². The predicted molar refractivity (Wildman–Crippen MR) is 96.8 cm³/mol. The second kappa shape index (κ2) is 8.55. The number of nitrogens with zero attached hydrogens (tertiary/aromatic N) is 2. The van der Waals surface area contributed by atoms with Gasteiger partial charge < -0.3 is 4.74 Å². The lowest BCUT2D eigenvalue weighted by molar-refractivity contribution is -0.0498. The molecule has 1 aromatic carbocycles. The molecule has 0 bridgehead atoms. The smallest absolute Gasteiger partial charge is 0.387 e. The number of piperidine rings is 1. The van der Waals surface area contributed by atoms with Crippen LogP contribution in [0, 0.1) is 5.92 Å². The van der Waals surface area contributed by atoms with Crippen LogP contribution in [0.25, 0.3) is 0 Å². The van der Waals surface area contributed by atoms with E-state index in [-0.39, 0.29) is 11.3 Å². The van der Waals surface area contributed by atoms with Crippen LogP contribution in [0.15, 0.2) is 29.6 Å². The minimum atomic E-state index is -2.92. The Kier molecular flexibility index (Phi) is 6.16. The van der Waals surface area contributed by atoms with Crippen LogP contribution < -0.4 is 10.1 Å². The molecule has 1 fully saturated rings. The molecule has 1 aliphatic rings. The van der Waals surface area contributed by atoms with Gasteiger partial charge in [0.1, 0.15) is 5.75 Å². The number of thiazole rings is 1. The monoisotopic (exact) mass is 381 g/mol. The van der Waals surface area contributed by atoms with Crippen molar-refractivity contribution >= 4 is 22.4 Å². The summed E-state index contributed by atoms with van der Waals surface area (Å²) in [6.45, 7) is 2.26. The first-order valence-corrected chi connectivity index (χ1v) is 9.40. The summed E-state index contributed by atoms with van der Waals surface area (Å²) in [7, 11) is 0. The normalized spacial score (nSPS) is 16.0. The Bertz CT molecular complexity index is 746. The predicted octanol–water partition coefficient (Wildman–Crippen LogP) is 4.23. The zero-order chi connectivity index (χ0) is 18.5. The van der Waals surface area contributed by atoms with Crippen molar-refractivity contribution in [2.24, 2.45) is 5.92 Å². The van der Waals surface area contributed by atoms with Gasteiger partial charge in [0.25, 0.3) is 5.91 Å². The standard InChI is InChI=1S/C18H21F2N3O2S/c1-12-5-7-23(8-6-12)10-14-11-26-18(21-14)22-16(24)13-3-2-4-15(9-13)25-17(19)20/h2-4,9,11-12,17H,5-8,10H2,1H3,(H,21,22,24). The molecule has 140 valence electrons. The van der Waals surface area contributed by atoms with Crippen molar-refractivity contribution in [2.45, 2.75) is 32.9 Å². The second-order valence-corrected chi connectivity index (χ2v) is 7.32. The van der Waals surface area contributed by atoms with E-state index < -0.39 is 12.5 Å². The number of halogens is 2. The maximum Gasteiger partial charge on any atom is 0.387 e. The molecule has 0 saturated carbocycles. The van der Waals surface area contributed by atoms with Crippen molar-refractivity contribution in [1.82, 2.24) is 9.88 Å². The van der Waals surface area contributed by atoms with E-state index in [1.54, 1.807) is 0 Å². The Balaban J connectivity index is 1.57. The molecule has 1 aromatic heterocycles. The summed E-state index contributed by atoms with van der Waals surface area (Å²) in [5.74, 6) is 0.325. The van der Waals surface area contributed by atoms with Crippen molar-refractivity contribution in [3.63, 3.8) is 0 Å². The van der Waals surface area contributed by atoms with Crippen LogP contribution >= 0.6 is 11.3 Å². The summed E-state index contributed by atoms with van der Waals surface area (Å²) in [5.41, 5.74) is 1.17. The van der Waals surface area contributed by atoms with Gasteiger partial charge in [-0.2, -0.15) is 8.78 Å². The largest absolute Gasteiger partial charge is 0.435 e. The van der Waals surface area contributed by atoms with E-state index in [4.69, 9.17) is 0 Å². The minimum absolute atomic E-state index is 0.0493. The van der Waals surface area contributed by atoms with E-state index >= 15 is 0 Å². The third-order valence-corrected chi connectivity index (χ3v) is 5.16. The lowest BCUT2D eigenvalue weighted by Gasteiger charge is -2.29. The third kappa shape index (κ3) is 5.22. The number of hydrogen-bond donors (Lipinski definition) is 1. The summed E-state index contributed by atoms with van der Waals surface area (Å²) >= 11 is 1.36. The average molecular weight is 381 g/mol. The molecule has 26 heavy (non-hydrogen) atoms. The Hall–Kier alpha value is -2.06. The van der Waals surface area contributed by atoms with Gasteiger partial charge in [-0.3, -0.25) is 15.0 Å². The number of carbonyl (C=O) groups is 1. The number of rotatable bonds is 6. The number of alkyl halides is 2. The van der Waals surface area contributed by atoms with Crippen LogP contribution in [0.4, 0.5) is 13.9 Å². The third-order valence-electron chi connectivity index (χ3n) is 4.36. The summed E-state index contributed by atoms with van der Waals surface area (Å²) in [6.07, 6.45) is 2.40. The number of benzene rings is 1. The topological polar surface area (TPSA) is 54.5 Å². The van der Waals surface area contributed by atoms with Crippen molar-refractivity contribution < 1.29 is 18.3 Å². The van der Waals surface area contributed by atoms with Gasteiger partial charge >= 0.3 is 6.61 Å². The molecule has 0 unspecified atom stereocenters. The van der Waals surface area contributed by atoms with Gasteiger partial charge in [0.05, 0.1) is 5.69 Å². The van der Waals surface area contributed by atoms with Gasteiger partial charge in [-0.05, 0) is 50.0 Å². The SMILES string of the molecule is CC1CCN(Cc2csc(NC(=O)c3cccc(OC(F)F)c3)n2)CC1. The fourth-order valence-electron chi connectivity index (χ4n) is 2.87. The van der Waals surface area contributed by atoms with Gasteiger partial charge in [0.2, 0.25) is 0 Å².